The van der Waals surface area contributed by atoms with E-state index in [1.165, 1.54) is 12.1 Å². The van der Waals surface area contributed by atoms with Crippen LogP contribution in [0.25, 0.3) is 0 Å². The smallest absolute Gasteiger partial charge is 0.164 e. The Morgan fingerprint density at radius 3 is 1.87 bits per heavy atom. The fourth-order valence-corrected chi connectivity index (χ4v) is 4.32. The van der Waals surface area contributed by atoms with Gasteiger partial charge in [0.25, 0.3) is 0 Å². The zero-order valence-corrected chi connectivity index (χ0v) is 21.6. The maximum absolute atomic E-state index is 14.1. The van der Waals surface area contributed by atoms with Crippen LogP contribution in [0.15, 0.2) is 78.9 Å². The van der Waals surface area contributed by atoms with Crippen molar-refractivity contribution in [2.24, 2.45) is 0 Å². The van der Waals surface area contributed by atoms with Crippen molar-refractivity contribution in [3.8, 4) is 0 Å². The molecule has 3 aromatic rings. The normalized spacial score (nSPS) is 20.3. The van der Waals surface area contributed by atoms with E-state index in [1.54, 1.807) is 50.2 Å². The summed E-state index contributed by atoms with van der Waals surface area (Å²) in [5, 5.41) is 11.0. The number of hydrogen-bond acceptors (Lipinski definition) is 6. The average molecular weight is 529 g/mol. The van der Waals surface area contributed by atoms with Crippen molar-refractivity contribution < 1.29 is 37.6 Å². The van der Waals surface area contributed by atoms with Crippen LogP contribution >= 0.6 is 0 Å². The maximum Gasteiger partial charge on any atom is 0.164 e. The molecule has 4 atom stereocenters. The van der Waals surface area contributed by atoms with Crippen molar-refractivity contribution in [1.82, 2.24) is 0 Å². The van der Waals surface area contributed by atoms with Gasteiger partial charge in [-0.1, -0.05) is 66.7 Å². The van der Waals surface area contributed by atoms with Crippen LogP contribution in [0.2, 0.25) is 0 Å². The lowest BCUT2D eigenvalue weighted by molar-refractivity contribution is -0.170. The third-order valence-corrected chi connectivity index (χ3v) is 6.22. The second kappa shape index (κ2) is 13.4. The molecule has 0 aliphatic carbocycles. The molecule has 0 radical (unpaired) electrons. The molecule has 1 N–H and O–H groups in total. The highest BCUT2D eigenvalue weighted by Crippen LogP contribution is 2.33. The molecule has 4 rings (SSSR count). The Bertz CT molecular complexity index is 1140. The van der Waals surface area contributed by atoms with E-state index in [0.29, 0.717) is 11.1 Å². The van der Waals surface area contributed by atoms with Gasteiger partial charge >= 0.3 is 0 Å². The fraction of sp³-hybridized carbons (Fsp3) is 0.400. The number of halogens is 2. The standard InChI is InChI=1S/C30H34F2O6/c1-30(2)37-28(26(33)19-34-17-22-12-6-8-14-24(22)31)29(38-30)27(36-16-21-10-4-3-5-11-21)20-35-18-23-13-7-9-15-25(23)32/h3-15,26-29,33H,16-20H2,1-2H3/t26-,27-,28-,29-/m1/s1. The van der Waals surface area contributed by atoms with Crippen LogP contribution < -0.4 is 0 Å². The Balaban J connectivity index is 1.43. The Morgan fingerprint density at radius 2 is 1.26 bits per heavy atom. The van der Waals surface area contributed by atoms with Crippen molar-refractivity contribution in [2.75, 3.05) is 13.2 Å². The van der Waals surface area contributed by atoms with Crippen LogP contribution in [0.4, 0.5) is 8.78 Å². The monoisotopic (exact) mass is 528 g/mol. The first-order valence-corrected chi connectivity index (χ1v) is 12.6. The molecule has 1 aliphatic rings. The third-order valence-electron chi connectivity index (χ3n) is 6.22. The molecule has 1 heterocycles. The second-order valence-corrected chi connectivity index (χ2v) is 9.68. The molecule has 1 saturated heterocycles. The first kappa shape index (κ1) is 28.3. The number of hydrogen-bond donors (Lipinski definition) is 1. The molecular weight excluding hydrogens is 494 g/mol. The van der Waals surface area contributed by atoms with Gasteiger partial charge in [-0.2, -0.15) is 0 Å². The molecule has 3 aromatic carbocycles. The lowest BCUT2D eigenvalue weighted by atomic mass is 10.0. The first-order valence-electron chi connectivity index (χ1n) is 12.6. The van der Waals surface area contributed by atoms with Crippen LogP contribution in [-0.2, 0) is 43.5 Å². The molecule has 1 fully saturated rings. The summed E-state index contributed by atoms with van der Waals surface area (Å²) in [4.78, 5) is 0. The van der Waals surface area contributed by atoms with Gasteiger partial charge in [0.15, 0.2) is 5.79 Å². The van der Waals surface area contributed by atoms with Crippen LogP contribution in [0, 0.1) is 11.6 Å². The van der Waals surface area contributed by atoms with E-state index in [0.717, 1.165) is 5.56 Å². The van der Waals surface area contributed by atoms with Gasteiger partial charge in [-0.05, 0) is 31.5 Å². The number of benzene rings is 3. The highest BCUT2D eigenvalue weighted by atomic mass is 19.1. The Kier molecular flexibility index (Phi) is 9.96. The van der Waals surface area contributed by atoms with E-state index in [9.17, 15) is 13.9 Å². The number of rotatable bonds is 13. The molecule has 38 heavy (non-hydrogen) atoms. The lowest BCUT2D eigenvalue weighted by Crippen LogP contribution is -2.46. The number of ether oxygens (including phenoxy) is 5. The quantitative estimate of drug-likeness (QED) is 0.331. The maximum atomic E-state index is 14.1. The van der Waals surface area contributed by atoms with Gasteiger partial charge in [0.1, 0.15) is 36.1 Å². The largest absolute Gasteiger partial charge is 0.388 e. The van der Waals surface area contributed by atoms with Crippen LogP contribution in [0.3, 0.4) is 0 Å². The second-order valence-electron chi connectivity index (χ2n) is 9.68. The average Bonchev–Trinajstić information content (AvgIpc) is 3.24. The van der Waals surface area contributed by atoms with Gasteiger partial charge in [-0.25, -0.2) is 8.78 Å². The molecule has 0 saturated carbocycles. The Labute approximate surface area is 222 Å². The summed E-state index contributed by atoms with van der Waals surface area (Å²) in [6.07, 6.45) is -3.23. The molecule has 6 nitrogen and oxygen atoms in total. The minimum absolute atomic E-state index is 0.00502. The van der Waals surface area contributed by atoms with Gasteiger partial charge < -0.3 is 28.8 Å². The molecular formula is C30H34F2O6. The molecule has 0 aromatic heterocycles. The van der Waals surface area contributed by atoms with E-state index in [4.69, 9.17) is 23.7 Å². The minimum Gasteiger partial charge on any atom is -0.388 e. The van der Waals surface area contributed by atoms with Crippen molar-refractivity contribution >= 4 is 0 Å². The van der Waals surface area contributed by atoms with E-state index in [1.807, 2.05) is 30.3 Å². The highest BCUT2D eigenvalue weighted by molar-refractivity contribution is 5.17. The summed E-state index contributed by atoms with van der Waals surface area (Å²) in [5.74, 6) is -1.72. The molecule has 0 spiro atoms. The van der Waals surface area contributed by atoms with Crippen molar-refractivity contribution in [3.05, 3.63) is 107 Å². The van der Waals surface area contributed by atoms with Crippen LogP contribution in [0.1, 0.15) is 30.5 Å². The van der Waals surface area contributed by atoms with Gasteiger partial charge in [0.05, 0.1) is 33.0 Å². The van der Waals surface area contributed by atoms with Crippen LogP contribution in [0.5, 0.6) is 0 Å². The van der Waals surface area contributed by atoms with Gasteiger partial charge in [0.2, 0.25) is 0 Å². The highest BCUT2D eigenvalue weighted by Gasteiger charge is 2.48. The number of aliphatic hydroxyl groups is 1. The van der Waals surface area contributed by atoms with Crippen molar-refractivity contribution in [1.29, 1.82) is 0 Å². The molecule has 0 amide bonds. The molecule has 0 unspecified atom stereocenters. The number of aliphatic hydroxyl groups excluding tert-OH is 1. The summed E-state index contributed by atoms with van der Waals surface area (Å²) in [7, 11) is 0. The predicted molar refractivity (Wildman–Crippen MR) is 137 cm³/mol. The van der Waals surface area contributed by atoms with E-state index >= 15 is 0 Å². The molecule has 0 bridgehead atoms. The summed E-state index contributed by atoms with van der Waals surface area (Å²) in [6, 6.07) is 22.4. The first-order chi connectivity index (χ1) is 18.3. The van der Waals surface area contributed by atoms with E-state index in [2.05, 4.69) is 0 Å². The van der Waals surface area contributed by atoms with E-state index < -0.39 is 30.2 Å². The Hall–Kier alpha value is -2.72. The van der Waals surface area contributed by atoms with Crippen molar-refractivity contribution in [3.63, 3.8) is 0 Å². The van der Waals surface area contributed by atoms with E-state index in [-0.39, 0.29) is 44.7 Å². The fourth-order valence-electron chi connectivity index (χ4n) is 4.32. The topological polar surface area (TPSA) is 66.4 Å². The summed E-state index contributed by atoms with van der Waals surface area (Å²) in [5.41, 5.74) is 1.78. The van der Waals surface area contributed by atoms with Gasteiger partial charge in [-0.3, -0.25) is 0 Å². The SMILES string of the molecule is CC1(C)O[C@H]([C@H](O)COCc2ccccc2F)[C@@H]([C@@H](COCc2ccccc2F)OCc2ccccc2)O1. The molecule has 8 heteroatoms. The summed E-state index contributed by atoms with van der Waals surface area (Å²) < 4.78 is 57.9. The Morgan fingerprint density at radius 1 is 0.737 bits per heavy atom. The zero-order chi connectivity index (χ0) is 27.0. The molecule has 204 valence electrons. The zero-order valence-electron chi connectivity index (χ0n) is 21.6. The summed E-state index contributed by atoms with van der Waals surface area (Å²) >= 11 is 0. The molecule has 1 aliphatic heterocycles. The predicted octanol–water partition coefficient (Wildman–Crippen LogP) is 5.16. The van der Waals surface area contributed by atoms with Gasteiger partial charge in [-0.15, -0.1) is 0 Å². The third kappa shape index (κ3) is 7.89. The van der Waals surface area contributed by atoms with Gasteiger partial charge in [0, 0.05) is 11.1 Å². The van der Waals surface area contributed by atoms with Crippen molar-refractivity contribution in [2.45, 2.75) is 63.9 Å². The lowest BCUT2D eigenvalue weighted by Gasteiger charge is -2.29. The van der Waals surface area contributed by atoms with Crippen LogP contribution in [-0.4, -0.2) is 48.5 Å². The summed E-state index contributed by atoms with van der Waals surface area (Å²) in [6.45, 7) is 3.81. The minimum atomic E-state index is -1.08.